The number of benzene rings is 2. The fraction of sp³-hybridized carbons (Fsp3) is 0.136. The smallest absolute Gasteiger partial charge is 0.318 e. The van der Waals surface area contributed by atoms with Crippen LogP contribution in [0.1, 0.15) is 11.1 Å². The summed E-state index contributed by atoms with van der Waals surface area (Å²) in [4.78, 5) is 25.9. The summed E-state index contributed by atoms with van der Waals surface area (Å²) in [5.41, 5.74) is 4.59. The van der Waals surface area contributed by atoms with Crippen LogP contribution < -0.4 is 10.9 Å². The highest BCUT2D eigenvalue weighted by molar-refractivity contribution is 6.30. The third-order valence-corrected chi connectivity index (χ3v) is 5.68. The van der Waals surface area contributed by atoms with Crippen LogP contribution in [0.5, 0.6) is 0 Å². The number of pyridine rings is 1. The molecular weight excluding hydrogens is 421 g/mol. The van der Waals surface area contributed by atoms with Crippen LogP contribution in [0.15, 0.2) is 53.5 Å². The monoisotopic (exact) mass is 437 g/mol. The minimum atomic E-state index is -0.493. The fourth-order valence-electron chi connectivity index (χ4n) is 3.77. The Kier molecular flexibility index (Phi) is 4.51. The predicted molar refractivity (Wildman–Crippen MR) is 116 cm³/mol. The number of halogens is 2. The van der Waals surface area contributed by atoms with Gasteiger partial charge in [-0.25, -0.2) is 9.18 Å². The molecule has 0 radical (unpaired) electrons. The Labute approximate surface area is 181 Å². The highest BCUT2D eigenvalue weighted by Gasteiger charge is 2.24. The van der Waals surface area contributed by atoms with Gasteiger partial charge in [-0.1, -0.05) is 17.7 Å². The number of urea groups is 1. The lowest BCUT2D eigenvalue weighted by Crippen LogP contribution is -2.38. The van der Waals surface area contributed by atoms with Crippen molar-refractivity contribution >= 4 is 34.2 Å². The summed E-state index contributed by atoms with van der Waals surface area (Å²) in [5.74, 6) is -0.493. The number of H-pyrrole nitrogens is 1. The van der Waals surface area contributed by atoms with Crippen molar-refractivity contribution in [2.75, 3.05) is 5.32 Å². The van der Waals surface area contributed by atoms with Gasteiger partial charge in [-0.05, 0) is 41.5 Å². The number of amides is 2. The van der Waals surface area contributed by atoms with Crippen molar-refractivity contribution in [3.05, 3.63) is 81.0 Å². The van der Waals surface area contributed by atoms with Crippen LogP contribution in [-0.4, -0.2) is 25.7 Å². The standard InChI is InChI=1S/C22H17ClFN5O2/c1-28-10-13(3-5-20(28)30)21-15-7-14-11-29(9-12-2-4-17(24)16(23)6-12)22(31)25-18(14)8-19(15)26-27-21/h2-8,10H,9,11H2,1H3,(H,25,31)(H,26,27). The fourth-order valence-corrected chi connectivity index (χ4v) is 3.97. The molecule has 0 aliphatic carbocycles. The molecular formula is C22H17ClFN5O2. The first-order chi connectivity index (χ1) is 14.9. The van der Waals surface area contributed by atoms with Gasteiger partial charge in [0.2, 0.25) is 5.56 Å². The van der Waals surface area contributed by atoms with E-state index in [2.05, 4.69) is 15.5 Å². The van der Waals surface area contributed by atoms with Crippen LogP contribution in [0, 0.1) is 5.82 Å². The van der Waals surface area contributed by atoms with E-state index in [1.54, 1.807) is 30.3 Å². The van der Waals surface area contributed by atoms with E-state index in [0.717, 1.165) is 33.3 Å². The molecule has 31 heavy (non-hydrogen) atoms. The molecule has 1 aliphatic rings. The number of anilines is 1. The molecule has 2 amide bonds. The number of nitrogens with zero attached hydrogens (tertiary/aromatic N) is 3. The molecule has 0 saturated heterocycles. The zero-order chi connectivity index (χ0) is 21.7. The lowest BCUT2D eigenvalue weighted by Gasteiger charge is -2.29. The van der Waals surface area contributed by atoms with Crippen LogP contribution in [0.25, 0.3) is 22.2 Å². The van der Waals surface area contributed by atoms with Gasteiger partial charge in [0.05, 0.1) is 10.5 Å². The topological polar surface area (TPSA) is 83.0 Å². The zero-order valence-electron chi connectivity index (χ0n) is 16.4. The first-order valence-corrected chi connectivity index (χ1v) is 9.95. The van der Waals surface area contributed by atoms with Crippen LogP contribution in [-0.2, 0) is 20.1 Å². The van der Waals surface area contributed by atoms with Gasteiger partial charge in [0.1, 0.15) is 11.5 Å². The number of rotatable bonds is 3. The molecule has 7 nitrogen and oxygen atoms in total. The van der Waals surface area contributed by atoms with Crippen LogP contribution >= 0.6 is 11.6 Å². The summed E-state index contributed by atoms with van der Waals surface area (Å²) in [6, 6.07) is 11.3. The van der Waals surface area contributed by atoms with Gasteiger partial charge in [-0.2, -0.15) is 5.10 Å². The minimum Gasteiger partial charge on any atom is -0.318 e. The lowest BCUT2D eigenvalue weighted by molar-refractivity contribution is 0.204. The highest BCUT2D eigenvalue weighted by atomic mass is 35.5. The van der Waals surface area contributed by atoms with Gasteiger partial charge in [-0.15, -0.1) is 0 Å². The number of fused-ring (bicyclic) bond motifs is 2. The molecule has 0 atom stereocenters. The molecule has 0 fully saturated rings. The lowest BCUT2D eigenvalue weighted by atomic mass is 10.0. The molecule has 2 aromatic carbocycles. The van der Waals surface area contributed by atoms with E-state index in [4.69, 9.17) is 11.6 Å². The highest BCUT2D eigenvalue weighted by Crippen LogP contribution is 2.33. The molecule has 0 unspecified atom stereocenters. The first-order valence-electron chi connectivity index (χ1n) is 9.57. The Morgan fingerprint density at radius 2 is 2.00 bits per heavy atom. The Bertz CT molecular complexity index is 1410. The van der Waals surface area contributed by atoms with Gasteiger partial charge < -0.3 is 14.8 Å². The van der Waals surface area contributed by atoms with E-state index in [-0.39, 0.29) is 16.6 Å². The SMILES string of the molecule is Cn1cc(-c2n[nH]c3cc4c(cc23)CN(Cc2ccc(F)c(Cl)c2)C(=O)N4)ccc1=O. The van der Waals surface area contributed by atoms with Crippen molar-refractivity contribution in [1.82, 2.24) is 19.7 Å². The molecule has 2 aromatic heterocycles. The maximum Gasteiger partial charge on any atom is 0.322 e. The number of nitrogens with one attached hydrogen (secondary N) is 2. The van der Waals surface area contributed by atoms with E-state index >= 15 is 0 Å². The second-order valence-electron chi connectivity index (χ2n) is 7.53. The third kappa shape index (κ3) is 3.44. The Hall–Kier alpha value is -3.65. The molecule has 156 valence electrons. The summed E-state index contributed by atoms with van der Waals surface area (Å²) in [6.45, 7) is 0.673. The molecule has 9 heteroatoms. The van der Waals surface area contributed by atoms with Crippen molar-refractivity contribution < 1.29 is 9.18 Å². The van der Waals surface area contributed by atoms with Crippen molar-refractivity contribution in [3.63, 3.8) is 0 Å². The van der Waals surface area contributed by atoms with E-state index in [1.165, 1.54) is 22.8 Å². The average molecular weight is 438 g/mol. The number of carbonyl (C=O) groups is 1. The van der Waals surface area contributed by atoms with E-state index in [1.807, 2.05) is 12.1 Å². The van der Waals surface area contributed by atoms with E-state index < -0.39 is 5.82 Å². The van der Waals surface area contributed by atoms with Crippen molar-refractivity contribution in [2.24, 2.45) is 7.05 Å². The van der Waals surface area contributed by atoms with Crippen molar-refractivity contribution in [2.45, 2.75) is 13.1 Å². The van der Waals surface area contributed by atoms with Gasteiger partial charge >= 0.3 is 6.03 Å². The zero-order valence-corrected chi connectivity index (χ0v) is 17.2. The molecule has 1 aliphatic heterocycles. The Morgan fingerprint density at radius 1 is 1.16 bits per heavy atom. The molecule has 0 spiro atoms. The van der Waals surface area contributed by atoms with Gasteiger partial charge in [-0.3, -0.25) is 9.89 Å². The second kappa shape index (κ2) is 7.24. The van der Waals surface area contributed by atoms with Gasteiger partial charge in [0.15, 0.2) is 0 Å². The van der Waals surface area contributed by atoms with E-state index in [9.17, 15) is 14.0 Å². The normalized spacial score (nSPS) is 13.4. The largest absolute Gasteiger partial charge is 0.322 e. The summed E-state index contributed by atoms with van der Waals surface area (Å²) in [5, 5.41) is 11.2. The molecule has 3 heterocycles. The minimum absolute atomic E-state index is 0.0253. The maximum absolute atomic E-state index is 13.4. The van der Waals surface area contributed by atoms with Gasteiger partial charge in [0, 0.05) is 49.0 Å². The summed E-state index contributed by atoms with van der Waals surface area (Å²) >= 11 is 5.87. The van der Waals surface area contributed by atoms with Crippen LogP contribution in [0.4, 0.5) is 14.9 Å². The predicted octanol–water partition coefficient (Wildman–Crippen LogP) is 4.27. The number of carbonyl (C=O) groups excluding carboxylic acids is 1. The second-order valence-corrected chi connectivity index (χ2v) is 7.94. The molecule has 4 aromatic rings. The van der Waals surface area contributed by atoms with Crippen LogP contribution in [0.3, 0.4) is 0 Å². The first kappa shape index (κ1) is 19.3. The van der Waals surface area contributed by atoms with Crippen molar-refractivity contribution in [3.8, 4) is 11.3 Å². The quantitative estimate of drug-likeness (QED) is 0.502. The Morgan fingerprint density at radius 3 is 2.77 bits per heavy atom. The van der Waals surface area contributed by atoms with E-state index in [0.29, 0.717) is 18.8 Å². The molecule has 0 saturated carbocycles. The maximum atomic E-state index is 13.4. The average Bonchev–Trinajstić information content (AvgIpc) is 3.14. The van der Waals surface area contributed by atoms with Crippen molar-refractivity contribution in [1.29, 1.82) is 0 Å². The molecule has 0 bridgehead atoms. The summed E-state index contributed by atoms with van der Waals surface area (Å²) < 4.78 is 14.9. The Balaban J connectivity index is 1.50. The number of aryl methyl sites for hydroxylation is 1. The number of hydrogen-bond donors (Lipinski definition) is 2. The van der Waals surface area contributed by atoms with Crippen LogP contribution in [0.2, 0.25) is 5.02 Å². The third-order valence-electron chi connectivity index (χ3n) is 5.39. The number of aromatic amines is 1. The summed E-state index contributed by atoms with van der Waals surface area (Å²) in [7, 11) is 1.69. The number of hydrogen-bond acceptors (Lipinski definition) is 3. The summed E-state index contributed by atoms with van der Waals surface area (Å²) in [6.07, 6.45) is 1.74. The molecule has 5 rings (SSSR count). The molecule has 2 N–H and O–H groups in total. The van der Waals surface area contributed by atoms with Gasteiger partial charge in [0.25, 0.3) is 0 Å². The number of aromatic nitrogens is 3.